The standard InChI is InChI=1S/C3H3N3S2.ClH/c4-1-2-3(5)7-8-6-2;/h6H,5H2;1H. The van der Waals surface area contributed by atoms with Gasteiger partial charge in [0.15, 0.2) is 5.70 Å². The molecule has 0 aliphatic carbocycles. The van der Waals surface area contributed by atoms with Gasteiger partial charge in [0, 0.05) is 11.0 Å². The third-order valence-corrected chi connectivity index (χ3v) is 2.43. The van der Waals surface area contributed by atoms with E-state index in [0.717, 1.165) is 0 Å². The van der Waals surface area contributed by atoms with Gasteiger partial charge in [-0.2, -0.15) is 5.26 Å². The van der Waals surface area contributed by atoms with Crippen molar-refractivity contribution in [1.82, 2.24) is 4.72 Å². The van der Waals surface area contributed by atoms with E-state index in [0.29, 0.717) is 10.7 Å². The lowest BCUT2D eigenvalue weighted by molar-refractivity contribution is 1.26. The molecule has 1 aliphatic rings. The molecule has 0 aromatic carbocycles. The average molecular weight is 182 g/mol. The second-order valence-electron chi connectivity index (χ2n) is 1.12. The predicted molar refractivity (Wildman–Crippen MR) is 42.4 cm³/mol. The maximum absolute atomic E-state index is 8.26. The lowest BCUT2D eigenvalue weighted by Crippen LogP contribution is -1.99. The van der Waals surface area contributed by atoms with E-state index in [-0.39, 0.29) is 12.4 Å². The van der Waals surface area contributed by atoms with Gasteiger partial charge >= 0.3 is 0 Å². The summed E-state index contributed by atoms with van der Waals surface area (Å²) < 4.78 is 2.73. The fourth-order valence-corrected chi connectivity index (χ4v) is 1.79. The van der Waals surface area contributed by atoms with Gasteiger partial charge < -0.3 is 10.5 Å². The minimum Gasteiger partial charge on any atom is -0.390 e. The Morgan fingerprint density at radius 3 is 2.56 bits per heavy atom. The molecule has 1 rings (SSSR count). The van der Waals surface area contributed by atoms with Crippen LogP contribution in [0.5, 0.6) is 0 Å². The highest BCUT2D eigenvalue weighted by atomic mass is 35.5. The van der Waals surface area contributed by atoms with Crippen molar-refractivity contribution in [3.05, 3.63) is 10.7 Å². The van der Waals surface area contributed by atoms with Crippen molar-refractivity contribution in [2.45, 2.75) is 0 Å². The summed E-state index contributed by atoms with van der Waals surface area (Å²) in [5, 5.41) is 8.83. The van der Waals surface area contributed by atoms with Crippen LogP contribution in [0.25, 0.3) is 0 Å². The molecule has 50 valence electrons. The Labute approximate surface area is 67.0 Å². The molecule has 1 aliphatic heterocycles. The van der Waals surface area contributed by atoms with Gasteiger partial charge in [-0.3, -0.25) is 0 Å². The van der Waals surface area contributed by atoms with Crippen molar-refractivity contribution in [3.8, 4) is 6.07 Å². The maximum atomic E-state index is 8.26. The SMILES string of the molecule is Cl.N#CC1=C(N)SSN1. The summed E-state index contributed by atoms with van der Waals surface area (Å²) >= 11 is 0. The minimum atomic E-state index is 0. The summed E-state index contributed by atoms with van der Waals surface area (Å²) in [5.41, 5.74) is 5.80. The molecule has 3 nitrogen and oxygen atoms in total. The summed E-state index contributed by atoms with van der Waals surface area (Å²) in [7, 11) is 2.73. The van der Waals surface area contributed by atoms with Gasteiger partial charge in [-0.15, -0.1) is 12.4 Å². The van der Waals surface area contributed by atoms with Crippen molar-refractivity contribution >= 4 is 34.2 Å². The molecular weight excluding hydrogens is 178 g/mol. The van der Waals surface area contributed by atoms with Crippen LogP contribution in [0, 0.1) is 11.3 Å². The van der Waals surface area contributed by atoms with E-state index in [1.165, 1.54) is 21.8 Å². The Hall–Kier alpha value is -0.180. The number of nitrogens with two attached hydrogens (primary N) is 1. The van der Waals surface area contributed by atoms with E-state index >= 15 is 0 Å². The Morgan fingerprint density at radius 2 is 2.33 bits per heavy atom. The van der Waals surface area contributed by atoms with Gasteiger partial charge in [-0.1, -0.05) is 0 Å². The number of nitrogens with one attached hydrogen (secondary N) is 1. The molecule has 0 fully saturated rings. The zero-order chi connectivity index (χ0) is 5.98. The van der Waals surface area contributed by atoms with Crippen molar-refractivity contribution in [2.75, 3.05) is 0 Å². The first-order valence-electron chi connectivity index (χ1n) is 1.84. The largest absolute Gasteiger partial charge is 0.390 e. The lowest BCUT2D eigenvalue weighted by Gasteiger charge is -1.83. The molecular formula is C3H4ClN3S2. The van der Waals surface area contributed by atoms with Gasteiger partial charge in [-0.25, -0.2) is 0 Å². The Bertz CT molecular complexity index is 172. The van der Waals surface area contributed by atoms with E-state index in [4.69, 9.17) is 11.0 Å². The number of nitrogens with zero attached hydrogens (tertiary/aromatic N) is 1. The third-order valence-electron chi connectivity index (χ3n) is 0.633. The molecule has 0 unspecified atom stereocenters. The number of halogens is 1. The van der Waals surface area contributed by atoms with E-state index in [9.17, 15) is 0 Å². The zero-order valence-electron chi connectivity index (χ0n) is 4.25. The number of allylic oxidation sites excluding steroid dienone is 1. The highest BCUT2D eigenvalue weighted by Crippen LogP contribution is 2.32. The van der Waals surface area contributed by atoms with Crippen LogP contribution >= 0.6 is 34.2 Å². The van der Waals surface area contributed by atoms with Gasteiger partial charge in [0.25, 0.3) is 0 Å². The molecule has 0 aromatic rings. The minimum absolute atomic E-state index is 0. The van der Waals surface area contributed by atoms with E-state index < -0.39 is 0 Å². The van der Waals surface area contributed by atoms with Crippen LogP contribution < -0.4 is 10.5 Å². The van der Waals surface area contributed by atoms with Crippen molar-refractivity contribution < 1.29 is 0 Å². The van der Waals surface area contributed by atoms with Crippen LogP contribution in [0.1, 0.15) is 0 Å². The molecule has 0 aromatic heterocycles. The topological polar surface area (TPSA) is 61.8 Å². The van der Waals surface area contributed by atoms with Crippen LogP contribution in [0.2, 0.25) is 0 Å². The van der Waals surface area contributed by atoms with Crippen molar-refractivity contribution in [1.29, 1.82) is 5.26 Å². The summed E-state index contributed by atoms with van der Waals surface area (Å²) in [6.45, 7) is 0. The molecule has 0 spiro atoms. The highest BCUT2D eigenvalue weighted by Gasteiger charge is 2.10. The quantitative estimate of drug-likeness (QED) is 0.431. The molecule has 9 heavy (non-hydrogen) atoms. The molecule has 0 bridgehead atoms. The van der Waals surface area contributed by atoms with Crippen LogP contribution in [0.4, 0.5) is 0 Å². The monoisotopic (exact) mass is 181 g/mol. The van der Waals surface area contributed by atoms with E-state index in [1.807, 2.05) is 6.07 Å². The predicted octanol–water partition coefficient (Wildman–Crippen LogP) is 0.959. The fraction of sp³-hybridized carbons (Fsp3) is 0. The van der Waals surface area contributed by atoms with Gasteiger partial charge in [0.05, 0.1) is 0 Å². The van der Waals surface area contributed by atoms with Gasteiger partial charge in [-0.05, 0) is 10.8 Å². The molecule has 0 amide bonds. The van der Waals surface area contributed by atoms with Gasteiger partial charge in [0.2, 0.25) is 0 Å². The molecule has 0 radical (unpaired) electrons. The summed E-state index contributed by atoms with van der Waals surface area (Å²) in [6.07, 6.45) is 0. The molecule has 0 atom stereocenters. The van der Waals surface area contributed by atoms with Crippen molar-refractivity contribution in [3.63, 3.8) is 0 Å². The van der Waals surface area contributed by atoms with Crippen LogP contribution in [0.3, 0.4) is 0 Å². The van der Waals surface area contributed by atoms with E-state index in [2.05, 4.69) is 4.72 Å². The lowest BCUT2D eigenvalue weighted by atomic mass is 10.5. The summed E-state index contributed by atoms with van der Waals surface area (Å²) in [6, 6.07) is 1.92. The maximum Gasteiger partial charge on any atom is 0.155 e. The first kappa shape index (κ1) is 8.82. The number of hydrogen-bond donors (Lipinski definition) is 2. The number of rotatable bonds is 0. The van der Waals surface area contributed by atoms with Crippen LogP contribution in [0.15, 0.2) is 10.7 Å². The second kappa shape index (κ2) is 3.77. The highest BCUT2D eigenvalue weighted by molar-refractivity contribution is 8.77. The summed E-state index contributed by atoms with van der Waals surface area (Å²) in [5.74, 6) is 0. The van der Waals surface area contributed by atoms with Gasteiger partial charge in [0.1, 0.15) is 11.1 Å². The Balaban J connectivity index is 0.000000640. The first-order valence-corrected chi connectivity index (χ1v) is 3.99. The second-order valence-corrected chi connectivity index (χ2v) is 3.10. The smallest absolute Gasteiger partial charge is 0.155 e. The first-order chi connectivity index (χ1) is 3.84. The molecule has 6 heteroatoms. The average Bonchev–Trinajstić information content (AvgIpc) is 2.14. The Kier molecular flexibility index (Phi) is 3.70. The molecule has 3 N–H and O–H groups in total. The molecule has 0 saturated carbocycles. The number of hydrogen-bond acceptors (Lipinski definition) is 5. The van der Waals surface area contributed by atoms with Crippen LogP contribution in [-0.2, 0) is 0 Å². The van der Waals surface area contributed by atoms with Crippen LogP contribution in [-0.4, -0.2) is 0 Å². The fourth-order valence-electron chi connectivity index (χ4n) is 0.277. The third kappa shape index (κ3) is 1.90. The van der Waals surface area contributed by atoms with Crippen molar-refractivity contribution in [2.24, 2.45) is 5.73 Å². The Morgan fingerprint density at radius 1 is 1.67 bits per heavy atom. The van der Waals surface area contributed by atoms with E-state index in [1.54, 1.807) is 0 Å². The zero-order valence-corrected chi connectivity index (χ0v) is 6.70. The summed E-state index contributed by atoms with van der Waals surface area (Å²) in [4.78, 5) is 0. The number of nitriles is 1. The molecule has 0 saturated heterocycles. The normalized spacial score (nSPS) is 15.9. The molecule has 1 heterocycles.